The van der Waals surface area contributed by atoms with E-state index in [2.05, 4.69) is 15.3 Å². The lowest BCUT2D eigenvalue weighted by Crippen LogP contribution is -2.76. The van der Waals surface area contributed by atoms with E-state index in [1.165, 1.54) is 0 Å². The number of aromatic amines is 1. The summed E-state index contributed by atoms with van der Waals surface area (Å²) in [6.07, 6.45) is 2.91. The zero-order valence-electron chi connectivity index (χ0n) is 9.96. The van der Waals surface area contributed by atoms with Gasteiger partial charge >= 0.3 is 0 Å². The maximum Gasteiger partial charge on any atom is 0.268 e. The van der Waals surface area contributed by atoms with E-state index in [4.69, 9.17) is 11.6 Å². The van der Waals surface area contributed by atoms with Crippen LogP contribution in [0.5, 0.6) is 0 Å². The average molecular weight is 280 g/mol. The minimum absolute atomic E-state index is 0.214. The van der Waals surface area contributed by atoms with E-state index in [0.717, 1.165) is 5.39 Å². The van der Waals surface area contributed by atoms with Crippen molar-refractivity contribution in [2.45, 2.75) is 30.5 Å². The number of H-pyrrole nitrogens is 1. The van der Waals surface area contributed by atoms with Crippen LogP contribution in [0, 0.1) is 0 Å². The molecule has 3 aliphatic rings. The number of fused-ring (bicyclic) bond motifs is 1. The molecule has 2 bridgehead atoms. The molecule has 3 aliphatic carbocycles. The summed E-state index contributed by atoms with van der Waals surface area (Å²) < 4.78 is 13.4. The van der Waals surface area contributed by atoms with Crippen molar-refractivity contribution in [2.24, 2.45) is 0 Å². The predicted molar refractivity (Wildman–Crippen MR) is 69.0 cm³/mol. The van der Waals surface area contributed by atoms with Gasteiger partial charge in [0.15, 0.2) is 5.15 Å². The van der Waals surface area contributed by atoms with Crippen LogP contribution in [0.4, 0.5) is 4.39 Å². The van der Waals surface area contributed by atoms with E-state index in [1.54, 1.807) is 18.3 Å². The number of rotatable bonds is 2. The molecule has 6 heteroatoms. The van der Waals surface area contributed by atoms with E-state index >= 15 is 0 Å². The fourth-order valence-corrected chi connectivity index (χ4v) is 3.46. The summed E-state index contributed by atoms with van der Waals surface area (Å²) in [7, 11) is 0. The van der Waals surface area contributed by atoms with Crippen molar-refractivity contribution in [1.82, 2.24) is 15.3 Å². The molecule has 2 heterocycles. The molecule has 1 amide bonds. The van der Waals surface area contributed by atoms with Crippen LogP contribution in [0.3, 0.4) is 0 Å². The number of alkyl halides is 1. The summed E-state index contributed by atoms with van der Waals surface area (Å²) in [5, 5.41) is 4.08. The maximum absolute atomic E-state index is 13.4. The Bertz CT molecular complexity index is 691. The summed E-state index contributed by atoms with van der Waals surface area (Å²) >= 11 is 5.95. The Morgan fingerprint density at radius 1 is 1.47 bits per heavy atom. The summed E-state index contributed by atoms with van der Waals surface area (Å²) in [4.78, 5) is 19.0. The van der Waals surface area contributed by atoms with Crippen molar-refractivity contribution < 1.29 is 9.18 Å². The highest BCUT2D eigenvalue weighted by molar-refractivity contribution is 6.33. The highest BCUT2D eigenvalue weighted by Crippen LogP contribution is 2.62. The lowest BCUT2D eigenvalue weighted by molar-refractivity contribution is -0.162. The smallest absolute Gasteiger partial charge is 0.268 e. The molecule has 0 atom stereocenters. The molecular weight excluding hydrogens is 269 g/mol. The molecule has 0 spiro atoms. The van der Waals surface area contributed by atoms with Gasteiger partial charge in [-0.1, -0.05) is 11.6 Å². The second-order valence-electron chi connectivity index (χ2n) is 5.66. The molecule has 19 heavy (non-hydrogen) atoms. The first-order valence-corrected chi connectivity index (χ1v) is 6.51. The number of hydrogen-bond donors (Lipinski definition) is 2. The van der Waals surface area contributed by atoms with Crippen LogP contribution in [-0.2, 0) is 0 Å². The van der Waals surface area contributed by atoms with E-state index < -0.39 is 5.67 Å². The molecule has 4 nitrogen and oxygen atoms in total. The Morgan fingerprint density at radius 3 is 2.84 bits per heavy atom. The second kappa shape index (κ2) is 3.28. The van der Waals surface area contributed by atoms with Gasteiger partial charge in [-0.3, -0.25) is 4.79 Å². The fourth-order valence-electron chi connectivity index (χ4n) is 3.25. The summed E-state index contributed by atoms with van der Waals surface area (Å²) in [5.41, 5.74) is -0.247. The molecule has 0 aliphatic heterocycles. The average Bonchev–Trinajstić information content (AvgIpc) is 2.71. The number of pyridine rings is 1. The molecule has 5 rings (SSSR count). The first-order chi connectivity index (χ1) is 8.99. The molecule has 3 fully saturated rings. The number of aromatic nitrogens is 2. The van der Waals surface area contributed by atoms with Crippen molar-refractivity contribution in [2.75, 3.05) is 0 Å². The van der Waals surface area contributed by atoms with Gasteiger partial charge in [0, 0.05) is 36.4 Å². The van der Waals surface area contributed by atoms with Gasteiger partial charge in [-0.2, -0.15) is 0 Å². The van der Waals surface area contributed by atoms with Gasteiger partial charge in [0.05, 0.1) is 5.52 Å². The van der Waals surface area contributed by atoms with Crippen LogP contribution in [0.1, 0.15) is 29.8 Å². The number of carbonyl (C=O) groups excluding carboxylic acids is 1. The van der Waals surface area contributed by atoms with Crippen LogP contribution in [0.25, 0.3) is 10.9 Å². The quantitative estimate of drug-likeness (QED) is 0.830. The molecule has 98 valence electrons. The molecule has 0 aromatic carbocycles. The molecule has 0 saturated heterocycles. The second-order valence-corrected chi connectivity index (χ2v) is 6.02. The fraction of sp³-hybridized carbons (Fsp3) is 0.385. The molecule has 2 N–H and O–H groups in total. The Hall–Kier alpha value is -1.62. The van der Waals surface area contributed by atoms with Gasteiger partial charge in [0.2, 0.25) is 0 Å². The topological polar surface area (TPSA) is 57.8 Å². The van der Waals surface area contributed by atoms with Gasteiger partial charge in [0.1, 0.15) is 11.4 Å². The number of nitrogens with zero attached hydrogens (tertiary/aromatic N) is 1. The molecule has 2 aromatic rings. The largest absolute Gasteiger partial charge is 0.348 e. The zero-order valence-corrected chi connectivity index (χ0v) is 10.7. The summed E-state index contributed by atoms with van der Waals surface area (Å²) in [6, 6.07) is 3.51. The third kappa shape index (κ3) is 1.51. The molecule has 0 radical (unpaired) electrons. The minimum atomic E-state index is -1.01. The van der Waals surface area contributed by atoms with Crippen LogP contribution < -0.4 is 5.32 Å². The van der Waals surface area contributed by atoms with Crippen molar-refractivity contribution in [1.29, 1.82) is 0 Å². The lowest BCUT2D eigenvalue weighted by Gasteiger charge is -2.65. The number of nitrogens with one attached hydrogen (secondary N) is 2. The Kier molecular flexibility index (Phi) is 1.94. The number of hydrogen-bond acceptors (Lipinski definition) is 2. The Balaban J connectivity index is 1.60. The standard InChI is InChI=1S/C13H11ClFN3O/c14-10-9-7(1-2-16-10)3-8(17-9)11(19)18-13-4-12(15,5-13)6-13/h1-3,17H,4-6H2,(H,18,19). The normalized spacial score (nSPS) is 31.7. The molecule has 0 unspecified atom stereocenters. The Labute approximate surface area is 113 Å². The monoisotopic (exact) mass is 279 g/mol. The van der Waals surface area contributed by atoms with Gasteiger partial charge in [-0.25, -0.2) is 9.37 Å². The Morgan fingerprint density at radius 2 is 2.21 bits per heavy atom. The van der Waals surface area contributed by atoms with Gasteiger partial charge < -0.3 is 10.3 Å². The van der Waals surface area contributed by atoms with Crippen LogP contribution in [-0.4, -0.2) is 27.1 Å². The van der Waals surface area contributed by atoms with Crippen molar-refractivity contribution in [3.63, 3.8) is 0 Å². The summed E-state index contributed by atoms with van der Waals surface area (Å²) in [6.45, 7) is 0. The van der Waals surface area contributed by atoms with E-state index in [0.29, 0.717) is 35.6 Å². The van der Waals surface area contributed by atoms with Crippen LogP contribution in [0.15, 0.2) is 18.3 Å². The summed E-state index contributed by atoms with van der Waals surface area (Å²) in [5.74, 6) is -0.214. The van der Waals surface area contributed by atoms with E-state index in [-0.39, 0.29) is 11.4 Å². The molecule has 3 saturated carbocycles. The van der Waals surface area contributed by atoms with E-state index in [9.17, 15) is 9.18 Å². The third-order valence-electron chi connectivity index (χ3n) is 4.09. The first-order valence-electron chi connectivity index (χ1n) is 6.13. The number of halogens is 2. The first kappa shape index (κ1) is 11.2. The van der Waals surface area contributed by atoms with Crippen molar-refractivity contribution in [3.8, 4) is 0 Å². The SMILES string of the molecule is O=C(NC12CC(F)(C1)C2)c1cc2ccnc(Cl)c2[nH]1. The highest BCUT2D eigenvalue weighted by atomic mass is 35.5. The number of amides is 1. The molecular formula is C13H11ClFN3O. The van der Waals surface area contributed by atoms with E-state index in [1.807, 2.05) is 0 Å². The van der Waals surface area contributed by atoms with Gasteiger partial charge in [-0.05, 0) is 12.1 Å². The third-order valence-corrected chi connectivity index (χ3v) is 4.37. The van der Waals surface area contributed by atoms with Crippen molar-refractivity contribution >= 4 is 28.4 Å². The molecule has 2 aromatic heterocycles. The highest BCUT2D eigenvalue weighted by Gasteiger charge is 2.69. The minimum Gasteiger partial charge on any atom is -0.348 e. The van der Waals surface area contributed by atoms with Gasteiger partial charge in [-0.15, -0.1) is 0 Å². The lowest BCUT2D eigenvalue weighted by atomic mass is 9.47. The van der Waals surface area contributed by atoms with Crippen LogP contribution >= 0.6 is 11.6 Å². The van der Waals surface area contributed by atoms with Crippen molar-refractivity contribution in [3.05, 3.63) is 29.2 Å². The zero-order chi connectivity index (χ0) is 13.3. The van der Waals surface area contributed by atoms with Crippen LogP contribution in [0.2, 0.25) is 5.15 Å². The maximum atomic E-state index is 13.4. The predicted octanol–water partition coefficient (Wildman–Crippen LogP) is 2.59. The van der Waals surface area contributed by atoms with Gasteiger partial charge in [0.25, 0.3) is 5.91 Å². The number of carbonyl (C=O) groups is 1.